The molecule has 33 heavy (non-hydrogen) atoms. The van der Waals surface area contributed by atoms with Crippen molar-refractivity contribution in [2.24, 2.45) is 0 Å². The predicted octanol–water partition coefficient (Wildman–Crippen LogP) is 6.64. The molecule has 0 fully saturated rings. The quantitative estimate of drug-likeness (QED) is 0.343. The molecule has 3 nitrogen and oxygen atoms in total. The first-order chi connectivity index (χ1) is 15.8. The number of rotatable bonds is 4. The molecule has 168 valence electrons. The number of benzene rings is 3. The Kier molecular flexibility index (Phi) is 6.62. The summed E-state index contributed by atoms with van der Waals surface area (Å²) >= 11 is 5.69. The molecule has 3 aromatic rings. The second kappa shape index (κ2) is 9.60. The SMILES string of the molecule is O=C(NCCC#Cc1ccc(C(F)(F)F)c(Cl)c1)OCC1c2ccccc2-c2ccccc21. The minimum absolute atomic E-state index is 0.0210. The van der Waals surface area contributed by atoms with Gasteiger partial charge in [0, 0.05) is 24.4 Å². The van der Waals surface area contributed by atoms with Gasteiger partial charge >= 0.3 is 12.3 Å². The molecule has 0 aliphatic heterocycles. The van der Waals surface area contributed by atoms with Crippen LogP contribution in [0.2, 0.25) is 5.02 Å². The van der Waals surface area contributed by atoms with Crippen LogP contribution in [0.1, 0.15) is 34.6 Å². The van der Waals surface area contributed by atoms with Crippen LogP contribution in [0.15, 0.2) is 66.7 Å². The molecule has 0 spiro atoms. The molecule has 1 aliphatic rings. The van der Waals surface area contributed by atoms with Gasteiger partial charge in [0.15, 0.2) is 0 Å². The Morgan fingerprint density at radius 2 is 1.64 bits per heavy atom. The normalized spacial score (nSPS) is 12.4. The summed E-state index contributed by atoms with van der Waals surface area (Å²) in [6.07, 6.45) is -4.74. The summed E-state index contributed by atoms with van der Waals surface area (Å²) in [5.74, 6) is 5.53. The Morgan fingerprint density at radius 3 is 2.24 bits per heavy atom. The second-order valence-electron chi connectivity index (χ2n) is 7.50. The van der Waals surface area contributed by atoms with Gasteiger partial charge < -0.3 is 10.1 Å². The van der Waals surface area contributed by atoms with Gasteiger partial charge in [-0.3, -0.25) is 0 Å². The molecule has 0 saturated heterocycles. The molecule has 0 atom stereocenters. The molecule has 1 N–H and O–H groups in total. The van der Waals surface area contributed by atoms with Crippen molar-refractivity contribution in [3.8, 4) is 23.0 Å². The van der Waals surface area contributed by atoms with E-state index in [0.29, 0.717) is 12.0 Å². The summed E-state index contributed by atoms with van der Waals surface area (Å²) in [6, 6.07) is 19.5. The van der Waals surface area contributed by atoms with Gasteiger partial charge in [-0.15, -0.1) is 0 Å². The first kappa shape index (κ1) is 22.8. The maximum Gasteiger partial charge on any atom is 0.417 e. The average molecular weight is 470 g/mol. The van der Waals surface area contributed by atoms with Crippen LogP contribution in [0.4, 0.5) is 18.0 Å². The fourth-order valence-electron chi connectivity index (χ4n) is 3.86. The zero-order valence-electron chi connectivity index (χ0n) is 17.4. The summed E-state index contributed by atoms with van der Waals surface area (Å²) in [7, 11) is 0. The van der Waals surface area contributed by atoms with Crippen molar-refractivity contribution in [2.75, 3.05) is 13.2 Å². The molecule has 4 rings (SSSR count). The topological polar surface area (TPSA) is 38.3 Å². The number of hydrogen-bond acceptors (Lipinski definition) is 2. The lowest BCUT2D eigenvalue weighted by atomic mass is 9.98. The van der Waals surface area contributed by atoms with Crippen molar-refractivity contribution in [2.45, 2.75) is 18.5 Å². The lowest BCUT2D eigenvalue weighted by Gasteiger charge is -2.14. The number of halogens is 4. The number of alkyl halides is 3. The van der Waals surface area contributed by atoms with E-state index < -0.39 is 22.9 Å². The molecule has 1 amide bonds. The van der Waals surface area contributed by atoms with Gasteiger partial charge in [-0.2, -0.15) is 13.2 Å². The van der Waals surface area contributed by atoms with Gasteiger partial charge in [0.05, 0.1) is 10.6 Å². The number of fused-ring (bicyclic) bond motifs is 3. The van der Waals surface area contributed by atoms with Gasteiger partial charge in [0.25, 0.3) is 0 Å². The van der Waals surface area contributed by atoms with E-state index in [1.807, 2.05) is 36.4 Å². The third kappa shape index (κ3) is 5.15. The van der Waals surface area contributed by atoms with E-state index in [1.165, 1.54) is 12.1 Å². The number of amides is 1. The average Bonchev–Trinajstić information content (AvgIpc) is 3.10. The van der Waals surface area contributed by atoms with Crippen molar-refractivity contribution in [1.29, 1.82) is 0 Å². The Hall–Kier alpha value is -3.43. The standard InChI is InChI=1S/C26H19ClF3NO2/c27-24-15-17(12-13-23(24)26(28,29)30)7-5-6-14-31-25(32)33-16-22-20-10-3-1-8-18(20)19-9-2-4-11-21(19)22/h1-4,8-13,15,22H,6,14,16H2,(H,31,32). The summed E-state index contributed by atoms with van der Waals surface area (Å²) in [5, 5.41) is 2.25. The maximum atomic E-state index is 12.7. The molecule has 0 radical (unpaired) electrons. The number of hydrogen-bond donors (Lipinski definition) is 1. The van der Waals surface area contributed by atoms with Crippen LogP contribution in [0.5, 0.6) is 0 Å². The third-order valence-corrected chi connectivity index (χ3v) is 5.68. The van der Waals surface area contributed by atoms with E-state index in [-0.39, 0.29) is 19.1 Å². The van der Waals surface area contributed by atoms with Crippen LogP contribution in [-0.2, 0) is 10.9 Å². The fraction of sp³-hybridized carbons (Fsp3) is 0.192. The van der Waals surface area contributed by atoms with Gasteiger partial charge in [0.1, 0.15) is 6.61 Å². The summed E-state index contributed by atoms with van der Waals surface area (Å²) in [6.45, 7) is 0.466. The Balaban J connectivity index is 1.27. The van der Waals surface area contributed by atoms with E-state index in [0.717, 1.165) is 28.3 Å². The molecule has 0 heterocycles. The highest BCUT2D eigenvalue weighted by Gasteiger charge is 2.33. The van der Waals surface area contributed by atoms with E-state index >= 15 is 0 Å². The van der Waals surface area contributed by atoms with Crippen molar-refractivity contribution in [1.82, 2.24) is 5.32 Å². The molecule has 0 saturated carbocycles. The lowest BCUT2D eigenvalue weighted by Crippen LogP contribution is -2.26. The van der Waals surface area contributed by atoms with Crippen LogP contribution >= 0.6 is 11.6 Å². The Morgan fingerprint density at radius 1 is 1.00 bits per heavy atom. The van der Waals surface area contributed by atoms with Crippen molar-refractivity contribution < 1.29 is 22.7 Å². The third-order valence-electron chi connectivity index (χ3n) is 5.37. The van der Waals surface area contributed by atoms with Gasteiger partial charge in [-0.05, 0) is 40.5 Å². The van der Waals surface area contributed by atoms with E-state index in [9.17, 15) is 18.0 Å². The first-order valence-electron chi connectivity index (χ1n) is 10.3. The highest BCUT2D eigenvalue weighted by molar-refractivity contribution is 6.31. The van der Waals surface area contributed by atoms with Crippen LogP contribution in [0.25, 0.3) is 11.1 Å². The Bertz CT molecular complexity index is 1200. The van der Waals surface area contributed by atoms with Gasteiger partial charge in [-0.25, -0.2) is 4.79 Å². The zero-order valence-corrected chi connectivity index (χ0v) is 18.1. The second-order valence-corrected chi connectivity index (χ2v) is 7.90. The summed E-state index contributed by atoms with van der Waals surface area (Å²) < 4.78 is 43.7. The minimum atomic E-state index is -4.50. The van der Waals surface area contributed by atoms with Gasteiger partial charge in [-0.1, -0.05) is 72.0 Å². The lowest BCUT2D eigenvalue weighted by molar-refractivity contribution is -0.137. The molecule has 3 aromatic carbocycles. The number of nitrogens with one attached hydrogen (secondary N) is 1. The van der Waals surface area contributed by atoms with Crippen LogP contribution in [0, 0.1) is 11.8 Å². The van der Waals surface area contributed by atoms with Crippen LogP contribution in [-0.4, -0.2) is 19.2 Å². The highest BCUT2D eigenvalue weighted by Crippen LogP contribution is 2.44. The molecule has 0 bridgehead atoms. The number of carbonyl (C=O) groups is 1. The first-order valence-corrected chi connectivity index (χ1v) is 10.7. The van der Waals surface area contributed by atoms with Crippen molar-refractivity contribution >= 4 is 17.7 Å². The fourth-order valence-corrected chi connectivity index (χ4v) is 4.15. The number of carbonyl (C=O) groups excluding carboxylic acids is 1. The molecular formula is C26H19ClF3NO2. The Labute approximate surface area is 194 Å². The zero-order chi connectivity index (χ0) is 23.4. The van der Waals surface area contributed by atoms with Gasteiger partial charge in [0.2, 0.25) is 0 Å². The molecule has 0 unspecified atom stereocenters. The maximum absolute atomic E-state index is 12.7. The van der Waals surface area contributed by atoms with Crippen LogP contribution < -0.4 is 5.32 Å². The minimum Gasteiger partial charge on any atom is -0.449 e. The predicted molar refractivity (Wildman–Crippen MR) is 121 cm³/mol. The number of ether oxygens (including phenoxy) is 1. The largest absolute Gasteiger partial charge is 0.449 e. The molecular weight excluding hydrogens is 451 g/mol. The van der Waals surface area contributed by atoms with Crippen molar-refractivity contribution in [3.63, 3.8) is 0 Å². The molecule has 7 heteroatoms. The molecule has 0 aromatic heterocycles. The number of alkyl carbamates (subject to hydrolysis) is 1. The van der Waals surface area contributed by atoms with E-state index in [4.69, 9.17) is 16.3 Å². The van der Waals surface area contributed by atoms with E-state index in [1.54, 1.807) is 0 Å². The summed E-state index contributed by atoms with van der Waals surface area (Å²) in [5.41, 5.74) is 4.04. The highest BCUT2D eigenvalue weighted by atomic mass is 35.5. The van der Waals surface area contributed by atoms with Crippen molar-refractivity contribution in [3.05, 3.63) is 94.0 Å². The van der Waals surface area contributed by atoms with E-state index in [2.05, 4.69) is 29.3 Å². The monoisotopic (exact) mass is 469 g/mol. The smallest absolute Gasteiger partial charge is 0.417 e. The molecule has 1 aliphatic carbocycles. The van der Waals surface area contributed by atoms with Crippen LogP contribution in [0.3, 0.4) is 0 Å². The summed E-state index contributed by atoms with van der Waals surface area (Å²) in [4.78, 5) is 12.1.